The molecule has 0 fully saturated rings. The quantitative estimate of drug-likeness (QED) is 0.142. The van der Waals surface area contributed by atoms with E-state index in [0.717, 1.165) is 0 Å². The van der Waals surface area contributed by atoms with Crippen molar-refractivity contribution in [1.82, 2.24) is 10.1 Å². The van der Waals surface area contributed by atoms with Crippen LogP contribution in [0.1, 0.15) is 91.4 Å². The molecule has 1 heterocycles. The van der Waals surface area contributed by atoms with E-state index in [-0.39, 0.29) is 18.7 Å². The van der Waals surface area contributed by atoms with Crippen molar-refractivity contribution < 1.29 is 33.1 Å². The van der Waals surface area contributed by atoms with Crippen LogP contribution in [0.15, 0.2) is 15.7 Å². The van der Waals surface area contributed by atoms with Crippen molar-refractivity contribution in [2.75, 3.05) is 6.54 Å². The van der Waals surface area contributed by atoms with Crippen molar-refractivity contribution in [1.29, 1.82) is 0 Å². The van der Waals surface area contributed by atoms with Crippen molar-refractivity contribution in [3.8, 4) is 0 Å². The summed E-state index contributed by atoms with van der Waals surface area (Å²) in [4.78, 5) is 44.1. The number of amides is 2. The van der Waals surface area contributed by atoms with Crippen LogP contribution in [0.5, 0.6) is 0 Å². The molecule has 1 rings (SSSR count). The molecule has 0 radical (unpaired) electrons. The number of imide groups is 1. The summed E-state index contributed by atoms with van der Waals surface area (Å²) in [6, 6.07) is -0.179. The molecule has 202 valence electrons. The van der Waals surface area contributed by atoms with E-state index in [1.165, 1.54) is 6.07 Å². The Labute approximate surface area is 212 Å². The lowest BCUT2D eigenvalue weighted by molar-refractivity contribution is -0.171. The van der Waals surface area contributed by atoms with Crippen molar-refractivity contribution in [2.24, 2.45) is 5.11 Å². The lowest BCUT2D eigenvalue weighted by atomic mass is 10.0. The Morgan fingerprint density at radius 2 is 1.64 bits per heavy atom. The first-order chi connectivity index (χ1) is 16.3. The molecular weight excluding hydrogens is 470 g/mol. The summed E-state index contributed by atoms with van der Waals surface area (Å²) in [7, 11) is 0. The van der Waals surface area contributed by atoms with Gasteiger partial charge >= 0.3 is 12.1 Å². The molecular formula is C24H39N5O7. The van der Waals surface area contributed by atoms with Gasteiger partial charge in [-0.3, -0.25) is 4.79 Å². The number of aromatic nitrogens is 1. The maximum atomic E-state index is 13.6. The monoisotopic (exact) mass is 509 g/mol. The fourth-order valence-electron chi connectivity index (χ4n) is 3.15. The van der Waals surface area contributed by atoms with E-state index in [2.05, 4.69) is 15.2 Å². The first kappa shape index (κ1) is 30.9. The minimum Gasteiger partial charge on any atom is -0.458 e. The molecule has 0 spiro atoms. The van der Waals surface area contributed by atoms with Gasteiger partial charge in [-0.05, 0) is 87.6 Å². The highest BCUT2D eigenvalue weighted by molar-refractivity contribution is 6.04. The summed E-state index contributed by atoms with van der Waals surface area (Å²) >= 11 is 0. The molecule has 0 aromatic carbocycles. The topological polar surface area (TPSA) is 157 Å². The van der Waals surface area contributed by atoms with Gasteiger partial charge in [0, 0.05) is 17.5 Å². The molecule has 2 amide bonds. The Bertz CT molecular complexity index is 963. The van der Waals surface area contributed by atoms with Crippen LogP contribution in [-0.4, -0.2) is 63.5 Å². The Morgan fingerprint density at radius 1 is 1.06 bits per heavy atom. The summed E-state index contributed by atoms with van der Waals surface area (Å²) in [5.74, 6) is -1.43. The Kier molecular flexibility index (Phi) is 10.5. The predicted molar refractivity (Wildman–Crippen MR) is 131 cm³/mol. The summed E-state index contributed by atoms with van der Waals surface area (Å²) in [6.07, 6.45) is -1.59. The first-order valence-corrected chi connectivity index (χ1v) is 11.8. The Morgan fingerprint density at radius 3 is 2.08 bits per heavy atom. The smallest absolute Gasteiger partial charge is 0.418 e. The normalized spacial score (nSPS) is 13.8. The Balaban J connectivity index is 3.71. The zero-order chi connectivity index (χ0) is 27.9. The van der Waals surface area contributed by atoms with Gasteiger partial charge in [0.25, 0.3) is 5.91 Å². The first-order valence-electron chi connectivity index (χ1n) is 11.8. The molecule has 0 unspecified atom stereocenters. The average molecular weight is 510 g/mol. The molecule has 1 aromatic heterocycles. The second kappa shape index (κ2) is 12.2. The number of rotatable bonds is 9. The van der Waals surface area contributed by atoms with Crippen LogP contribution in [-0.2, 0) is 19.0 Å². The van der Waals surface area contributed by atoms with Crippen LogP contribution in [0.25, 0.3) is 10.4 Å². The molecule has 36 heavy (non-hydrogen) atoms. The van der Waals surface area contributed by atoms with Crippen LogP contribution in [0.2, 0.25) is 0 Å². The standard InChI is InChI=1S/C24H39N5O7/c1-15-14-16(27-36-15)19(30)29(21(32)35-24(8,9)10)18(20(31)34-23(5,6)7)17(33-22(2,3)4)12-11-13-26-28-25/h14,17-18H,11-13H2,1-10H3/t17-,18+/m1/s1. The van der Waals surface area contributed by atoms with Crippen molar-refractivity contribution >= 4 is 18.0 Å². The molecule has 1 aromatic rings. The maximum absolute atomic E-state index is 13.6. The summed E-state index contributed by atoms with van der Waals surface area (Å²) in [5, 5.41) is 7.26. The van der Waals surface area contributed by atoms with Gasteiger partial charge in [-0.2, -0.15) is 0 Å². The largest absolute Gasteiger partial charge is 0.458 e. The van der Waals surface area contributed by atoms with Crippen molar-refractivity contribution in [3.05, 3.63) is 28.0 Å². The van der Waals surface area contributed by atoms with E-state index >= 15 is 0 Å². The number of carbonyl (C=O) groups excluding carboxylic acids is 3. The number of ether oxygens (including phenoxy) is 3. The van der Waals surface area contributed by atoms with E-state index < -0.39 is 46.9 Å². The molecule has 0 saturated carbocycles. The molecule has 12 nitrogen and oxygen atoms in total. The van der Waals surface area contributed by atoms with Gasteiger partial charge in [-0.25, -0.2) is 14.5 Å². The third-order valence-corrected chi connectivity index (χ3v) is 4.25. The second-order valence-electron chi connectivity index (χ2n) is 11.3. The highest BCUT2D eigenvalue weighted by Crippen LogP contribution is 2.26. The van der Waals surface area contributed by atoms with E-state index in [1.54, 1.807) is 69.2 Å². The predicted octanol–water partition coefficient (Wildman–Crippen LogP) is 5.34. The number of azide groups is 1. The highest BCUT2D eigenvalue weighted by atomic mass is 16.6. The molecule has 0 bridgehead atoms. The molecule has 0 aliphatic heterocycles. The van der Waals surface area contributed by atoms with E-state index in [0.29, 0.717) is 17.1 Å². The van der Waals surface area contributed by atoms with Gasteiger partial charge in [-0.1, -0.05) is 10.3 Å². The fraction of sp³-hybridized carbons (Fsp3) is 0.750. The maximum Gasteiger partial charge on any atom is 0.418 e. The van der Waals surface area contributed by atoms with Crippen molar-refractivity contribution in [3.63, 3.8) is 0 Å². The summed E-state index contributed by atoms with van der Waals surface area (Å²) in [5.41, 5.74) is 5.78. The highest BCUT2D eigenvalue weighted by Gasteiger charge is 2.46. The number of hydrogen-bond acceptors (Lipinski definition) is 9. The van der Waals surface area contributed by atoms with Crippen LogP contribution >= 0.6 is 0 Å². The molecule has 0 aliphatic carbocycles. The molecule has 0 N–H and O–H groups in total. The minimum atomic E-state index is -1.53. The van der Waals surface area contributed by atoms with E-state index in [1.807, 2.05) is 0 Å². The van der Waals surface area contributed by atoms with Crippen LogP contribution in [0.4, 0.5) is 4.79 Å². The third-order valence-electron chi connectivity index (χ3n) is 4.25. The molecule has 2 atom stereocenters. The van der Waals surface area contributed by atoms with Crippen molar-refractivity contribution in [2.45, 2.75) is 111 Å². The van der Waals surface area contributed by atoms with Gasteiger partial charge in [0.2, 0.25) is 0 Å². The van der Waals surface area contributed by atoms with E-state index in [9.17, 15) is 14.4 Å². The van der Waals surface area contributed by atoms with E-state index in [4.69, 9.17) is 24.3 Å². The zero-order valence-electron chi connectivity index (χ0n) is 22.9. The van der Waals surface area contributed by atoms with Gasteiger partial charge < -0.3 is 18.7 Å². The second-order valence-corrected chi connectivity index (χ2v) is 11.3. The number of esters is 1. The SMILES string of the molecule is Cc1cc(C(=O)N(C(=O)OC(C)(C)C)[C@H](C(=O)OC(C)(C)C)[C@@H](CCCN=[N+]=[N-])OC(C)(C)C)no1. The number of carbonyl (C=O) groups is 3. The summed E-state index contributed by atoms with van der Waals surface area (Å²) < 4.78 is 22.4. The van der Waals surface area contributed by atoms with Crippen LogP contribution in [0.3, 0.4) is 0 Å². The van der Waals surface area contributed by atoms with Crippen LogP contribution < -0.4 is 0 Å². The molecule has 0 aliphatic rings. The average Bonchev–Trinajstić information content (AvgIpc) is 3.10. The summed E-state index contributed by atoms with van der Waals surface area (Å²) in [6.45, 7) is 17.0. The lowest BCUT2D eigenvalue weighted by Gasteiger charge is -2.38. The van der Waals surface area contributed by atoms with Gasteiger partial charge in [-0.15, -0.1) is 0 Å². The van der Waals surface area contributed by atoms with Gasteiger partial charge in [0.1, 0.15) is 17.0 Å². The minimum absolute atomic E-state index is 0.129. The van der Waals surface area contributed by atoms with Gasteiger partial charge in [0.05, 0.1) is 11.7 Å². The lowest BCUT2D eigenvalue weighted by Crippen LogP contribution is -2.58. The fourth-order valence-corrected chi connectivity index (χ4v) is 3.15. The molecule has 0 saturated heterocycles. The number of aryl methyl sites for hydroxylation is 1. The number of hydrogen-bond donors (Lipinski definition) is 0. The zero-order valence-corrected chi connectivity index (χ0v) is 22.9. The van der Waals surface area contributed by atoms with Crippen LogP contribution in [0, 0.1) is 6.92 Å². The van der Waals surface area contributed by atoms with Gasteiger partial charge in [0.15, 0.2) is 11.7 Å². The third kappa shape index (κ3) is 10.7. The molecule has 12 heteroatoms. The number of nitrogens with zero attached hydrogens (tertiary/aromatic N) is 5. The Hall–Kier alpha value is -3.11.